The second-order valence-corrected chi connectivity index (χ2v) is 7.77. The van der Waals surface area contributed by atoms with E-state index in [1.807, 2.05) is 30.2 Å². The fraction of sp³-hybridized carbons (Fsp3) is 0.733. The van der Waals surface area contributed by atoms with E-state index in [1.54, 1.807) is 0 Å². The van der Waals surface area contributed by atoms with E-state index in [0.717, 1.165) is 17.6 Å². The van der Waals surface area contributed by atoms with Crippen molar-refractivity contribution in [3.8, 4) is 0 Å². The Hall–Kier alpha value is -0.610. The van der Waals surface area contributed by atoms with Crippen LogP contribution < -0.4 is 5.73 Å². The van der Waals surface area contributed by atoms with E-state index in [0.29, 0.717) is 16.6 Å². The molecule has 1 heterocycles. The van der Waals surface area contributed by atoms with Crippen LogP contribution in [-0.2, 0) is 0 Å². The Morgan fingerprint density at radius 1 is 1.26 bits per heavy atom. The average Bonchev–Trinajstić information content (AvgIpc) is 2.39. The molecule has 3 nitrogen and oxygen atoms in total. The molecule has 3 unspecified atom stereocenters. The lowest BCUT2D eigenvalue weighted by atomic mass is 9.69. The minimum atomic E-state index is 0.385. The zero-order valence-corrected chi connectivity index (χ0v) is 13.0. The Balaban J connectivity index is 2.06. The molecule has 0 spiro atoms. The van der Waals surface area contributed by atoms with Crippen LogP contribution in [-0.4, -0.2) is 21.8 Å². The fourth-order valence-corrected chi connectivity index (χ4v) is 4.16. The summed E-state index contributed by atoms with van der Waals surface area (Å²) in [4.78, 5) is 8.68. The molecule has 0 aliphatic heterocycles. The molecule has 1 aromatic rings. The molecular formula is C15H25N3S. The highest BCUT2D eigenvalue weighted by Crippen LogP contribution is 2.44. The Bertz CT molecular complexity index is 388. The summed E-state index contributed by atoms with van der Waals surface area (Å²) in [6.45, 7) is 7.82. The van der Waals surface area contributed by atoms with Crippen molar-refractivity contribution in [3.63, 3.8) is 0 Å². The molecule has 19 heavy (non-hydrogen) atoms. The predicted octanol–water partition coefficient (Wildman–Crippen LogP) is 3.36. The van der Waals surface area contributed by atoms with Gasteiger partial charge in [-0.2, -0.15) is 0 Å². The summed E-state index contributed by atoms with van der Waals surface area (Å²) >= 11 is 1.81. The van der Waals surface area contributed by atoms with Crippen molar-refractivity contribution < 1.29 is 0 Å². The lowest BCUT2D eigenvalue weighted by molar-refractivity contribution is 0.157. The predicted molar refractivity (Wildman–Crippen MR) is 81.0 cm³/mol. The van der Waals surface area contributed by atoms with Gasteiger partial charge in [-0.1, -0.05) is 32.5 Å². The van der Waals surface area contributed by atoms with Crippen LogP contribution in [0.5, 0.6) is 0 Å². The molecule has 2 rings (SSSR count). The molecular weight excluding hydrogens is 254 g/mol. The second-order valence-electron chi connectivity index (χ2n) is 6.56. The molecule has 0 amide bonds. The minimum absolute atomic E-state index is 0.385. The molecule has 3 atom stereocenters. The van der Waals surface area contributed by atoms with Crippen LogP contribution in [0.3, 0.4) is 0 Å². The van der Waals surface area contributed by atoms with Crippen molar-refractivity contribution >= 4 is 11.8 Å². The molecule has 4 heteroatoms. The van der Waals surface area contributed by atoms with Gasteiger partial charge < -0.3 is 5.73 Å². The van der Waals surface area contributed by atoms with Crippen molar-refractivity contribution in [2.75, 3.05) is 6.54 Å². The summed E-state index contributed by atoms with van der Waals surface area (Å²) in [7, 11) is 0. The number of thioether (sulfide) groups is 1. The highest BCUT2D eigenvalue weighted by molar-refractivity contribution is 7.99. The lowest BCUT2D eigenvalue weighted by Gasteiger charge is -2.41. The summed E-state index contributed by atoms with van der Waals surface area (Å²) in [5.41, 5.74) is 6.33. The quantitative estimate of drug-likeness (QED) is 0.862. The minimum Gasteiger partial charge on any atom is -0.330 e. The maximum Gasteiger partial charge on any atom is 0.187 e. The summed E-state index contributed by atoms with van der Waals surface area (Å²) in [6.07, 6.45) is 7.41. The summed E-state index contributed by atoms with van der Waals surface area (Å²) in [5.74, 6) is 1.38. The molecule has 106 valence electrons. The molecule has 0 aromatic carbocycles. The zero-order valence-electron chi connectivity index (χ0n) is 12.2. The van der Waals surface area contributed by atoms with Crippen molar-refractivity contribution in [1.82, 2.24) is 9.97 Å². The van der Waals surface area contributed by atoms with E-state index in [9.17, 15) is 0 Å². The van der Waals surface area contributed by atoms with Crippen LogP contribution in [0, 0.1) is 17.3 Å². The van der Waals surface area contributed by atoms with Crippen LogP contribution >= 0.6 is 11.8 Å². The van der Waals surface area contributed by atoms with E-state index in [-0.39, 0.29) is 0 Å². The normalized spacial score (nSPS) is 28.3. The fourth-order valence-electron chi connectivity index (χ4n) is 2.87. The molecule has 1 aromatic heterocycles. The number of hydrogen-bond donors (Lipinski definition) is 1. The Kier molecular flexibility index (Phi) is 4.85. The van der Waals surface area contributed by atoms with E-state index < -0.39 is 0 Å². The standard InChI is InChI=1S/C15H25N3S/c1-15(2,3)12-6-5-11(10-16)13(9-12)19-14-17-7-4-8-18-14/h4,7-8,11-13H,5-6,9-10,16H2,1-3H3. The van der Waals surface area contributed by atoms with Gasteiger partial charge >= 0.3 is 0 Å². The number of rotatable bonds is 3. The molecule has 1 aliphatic carbocycles. The van der Waals surface area contributed by atoms with E-state index in [2.05, 4.69) is 30.7 Å². The van der Waals surface area contributed by atoms with Crippen LogP contribution in [0.25, 0.3) is 0 Å². The van der Waals surface area contributed by atoms with Gasteiger partial charge in [0.25, 0.3) is 0 Å². The van der Waals surface area contributed by atoms with Gasteiger partial charge in [0.1, 0.15) is 0 Å². The smallest absolute Gasteiger partial charge is 0.187 e. The second kappa shape index (κ2) is 6.23. The third-order valence-electron chi connectivity index (χ3n) is 4.25. The molecule has 0 radical (unpaired) electrons. The summed E-state index contributed by atoms with van der Waals surface area (Å²) < 4.78 is 0. The maximum atomic E-state index is 5.95. The molecule has 1 fully saturated rings. The zero-order chi connectivity index (χ0) is 13.9. The average molecular weight is 279 g/mol. The van der Waals surface area contributed by atoms with Crippen molar-refractivity contribution in [1.29, 1.82) is 0 Å². The highest BCUT2D eigenvalue weighted by atomic mass is 32.2. The highest BCUT2D eigenvalue weighted by Gasteiger charge is 2.36. The number of nitrogens with two attached hydrogens (primary N) is 1. The first-order chi connectivity index (χ1) is 9.00. The first kappa shape index (κ1) is 14.8. The third-order valence-corrected chi connectivity index (χ3v) is 5.56. The van der Waals surface area contributed by atoms with Gasteiger partial charge in [0.15, 0.2) is 5.16 Å². The van der Waals surface area contributed by atoms with E-state index in [1.165, 1.54) is 19.3 Å². The maximum absolute atomic E-state index is 5.95. The number of aromatic nitrogens is 2. The van der Waals surface area contributed by atoms with Crippen LogP contribution in [0.15, 0.2) is 23.6 Å². The van der Waals surface area contributed by atoms with Crippen LogP contribution in [0.1, 0.15) is 40.0 Å². The largest absolute Gasteiger partial charge is 0.330 e. The van der Waals surface area contributed by atoms with Gasteiger partial charge in [-0.15, -0.1) is 0 Å². The Morgan fingerprint density at radius 3 is 2.53 bits per heavy atom. The van der Waals surface area contributed by atoms with Crippen LogP contribution in [0.2, 0.25) is 0 Å². The van der Waals surface area contributed by atoms with Gasteiger partial charge in [-0.25, -0.2) is 9.97 Å². The third kappa shape index (κ3) is 3.93. The van der Waals surface area contributed by atoms with Crippen molar-refractivity contribution in [2.24, 2.45) is 23.0 Å². The van der Waals surface area contributed by atoms with Gasteiger partial charge in [-0.3, -0.25) is 0 Å². The van der Waals surface area contributed by atoms with E-state index in [4.69, 9.17) is 5.73 Å². The summed E-state index contributed by atoms with van der Waals surface area (Å²) in [6, 6.07) is 1.86. The number of nitrogens with zero attached hydrogens (tertiary/aromatic N) is 2. The molecule has 1 aliphatic rings. The topological polar surface area (TPSA) is 51.8 Å². The SMILES string of the molecule is CC(C)(C)C1CCC(CN)C(Sc2ncccn2)C1. The lowest BCUT2D eigenvalue weighted by Crippen LogP contribution is -2.36. The van der Waals surface area contributed by atoms with Crippen molar-refractivity contribution in [2.45, 2.75) is 50.4 Å². The Labute approximate surface area is 120 Å². The summed E-state index contributed by atoms with van der Waals surface area (Å²) in [5, 5.41) is 1.45. The van der Waals surface area contributed by atoms with Crippen LogP contribution in [0.4, 0.5) is 0 Å². The monoisotopic (exact) mass is 279 g/mol. The molecule has 2 N–H and O–H groups in total. The molecule has 1 saturated carbocycles. The van der Waals surface area contributed by atoms with Gasteiger partial charge in [0.2, 0.25) is 0 Å². The van der Waals surface area contributed by atoms with Crippen molar-refractivity contribution in [3.05, 3.63) is 18.5 Å². The van der Waals surface area contributed by atoms with Gasteiger partial charge in [0.05, 0.1) is 0 Å². The first-order valence-electron chi connectivity index (χ1n) is 7.14. The first-order valence-corrected chi connectivity index (χ1v) is 8.02. The Morgan fingerprint density at radius 2 is 1.95 bits per heavy atom. The van der Waals surface area contributed by atoms with Gasteiger partial charge in [0, 0.05) is 17.6 Å². The molecule has 0 saturated heterocycles. The van der Waals surface area contributed by atoms with Gasteiger partial charge in [-0.05, 0) is 49.1 Å². The van der Waals surface area contributed by atoms with E-state index >= 15 is 0 Å². The number of hydrogen-bond acceptors (Lipinski definition) is 4. The molecule has 0 bridgehead atoms.